The van der Waals surface area contributed by atoms with E-state index in [-0.39, 0.29) is 11.4 Å². The van der Waals surface area contributed by atoms with Gasteiger partial charge in [-0.25, -0.2) is 13.1 Å². The first-order valence-electron chi connectivity index (χ1n) is 6.43. The number of nitrogens with one attached hydrogen (secondary N) is 1. The van der Waals surface area contributed by atoms with Crippen LogP contribution in [0.25, 0.3) is 0 Å². The van der Waals surface area contributed by atoms with Crippen LogP contribution in [-0.2, 0) is 14.8 Å². The van der Waals surface area contributed by atoms with Gasteiger partial charge in [0.15, 0.2) is 0 Å². The molecule has 0 spiro atoms. The van der Waals surface area contributed by atoms with Crippen LogP contribution >= 0.6 is 0 Å². The number of nitrogen functional groups attached to an aromatic ring is 1. The molecule has 5 nitrogen and oxygen atoms in total. The van der Waals surface area contributed by atoms with Gasteiger partial charge in [-0.2, -0.15) is 0 Å². The summed E-state index contributed by atoms with van der Waals surface area (Å²) in [5.74, 6) is 0. The largest absolute Gasteiger partial charge is 0.398 e. The summed E-state index contributed by atoms with van der Waals surface area (Å²) in [6.07, 6.45) is 2.50. The molecule has 1 aromatic carbocycles. The first-order valence-corrected chi connectivity index (χ1v) is 7.92. The molecule has 0 aromatic heterocycles. The molecule has 0 fully saturated rings. The maximum Gasteiger partial charge on any atom is 0.240 e. The molecule has 20 heavy (non-hydrogen) atoms. The lowest BCUT2D eigenvalue weighted by molar-refractivity contribution is 0.144. The molecule has 0 saturated carbocycles. The highest BCUT2D eigenvalue weighted by Crippen LogP contribution is 2.22. The molecular weight excluding hydrogens is 276 g/mol. The molecule has 0 atom stereocenters. The highest BCUT2D eigenvalue weighted by Gasteiger charge is 2.18. The van der Waals surface area contributed by atoms with Crippen LogP contribution in [0.3, 0.4) is 0 Å². The topological polar surface area (TPSA) is 81.4 Å². The Hall–Kier alpha value is -1.37. The molecule has 0 amide bonds. The molecule has 6 heteroatoms. The highest BCUT2D eigenvalue weighted by molar-refractivity contribution is 7.89. The normalized spacial score (nSPS) is 11.5. The van der Waals surface area contributed by atoms with Crippen molar-refractivity contribution in [2.45, 2.75) is 25.2 Å². The predicted molar refractivity (Wildman–Crippen MR) is 81.1 cm³/mol. The van der Waals surface area contributed by atoms with Crippen molar-refractivity contribution in [1.29, 1.82) is 0 Å². The summed E-state index contributed by atoms with van der Waals surface area (Å²) < 4.78 is 32.2. The molecule has 3 N–H and O–H groups in total. The lowest BCUT2D eigenvalue weighted by Crippen LogP contribution is -2.28. The minimum atomic E-state index is -3.56. The zero-order valence-electron chi connectivity index (χ0n) is 12.0. The molecular formula is C14H22N2O3S. The standard InChI is InChI=1S/C14H22N2O3S/c1-4-5-7-19-8-6-16-20(17,18)14-10-11(2)9-13(15)12(14)3/h4,9-10,16H,1,5-8,15H2,2-3H3. The van der Waals surface area contributed by atoms with Gasteiger partial charge in [0.2, 0.25) is 10.0 Å². The molecule has 0 bridgehead atoms. The summed E-state index contributed by atoms with van der Waals surface area (Å²) in [5, 5.41) is 0. The van der Waals surface area contributed by atoms with Crippen LogP contribution < -0.4 is 10.5 Å². The number of anilines is 1. The van der Waals surface area contributed by atoms with Crippen LogP contribution in [0, 0.1) is 13.8 Å². The van der Waals surface area contributed by atoms with E-state index in [4.69, 9.17) is 10.5 Å². The zero-order chi connectivity index (χ0) is 15.2. The van der Waals surface area contributed by atoms with E-state index < -0.39 is 10.0 Å². The third kappa shape index (κ3) is 4.63. The van der Waals surface area contributed by atoms with Crippen LogP contribution in [0.5, 0.6) is 0 Å². The lowest BCUT2D eigenvalue weighted by Gasteiger charge is -2.12. The Morgan fingerprint density at radius 1 is 1.35 bits per heavy atom. The SMILES string of the molecule is C=CCCOCCNS(=O)(=O)c1cc(C)cc(N)c1C. The van der Waals surface area contributed by atoms with Crippen molar-refractivity contribution < 1.29 is 13.2 Å². The number of aryl methyl sites for hydroxylation is 1. The van der Waals surface area contributed by atoms with Gasteiger partial charge >= 0.3 is 0 Å². The van der Waals surface area contributed by atoms with Crippen molar-refractivity contribution in [3.63, 3.8) is 0 Å². The van der Waals surface area contributed by atoms with Gasteiger partial charge in [-0.1, -0.05) is 6.08 Å². The summed E-state index contributed by atoms with van der Waals surface area (Å²) in [6, 6.07) is 3.37. The Kier molecular flexibility index (Phi) is 6.19. The van der Waals surface area contributed by atoms with Crippen molar-refractivity contribution in [3.8, 4) is 0 Å². The zero-order valence-corrected chi connectivity index (χ0v) is 12.8. The molecule has 112 valence electrons. The van der Waals surface area contributed by atoms with E-state index in [0.717, 1.165) is 12.0 Å². The first kappa shape index (κ1) is 16.7. The van der Waals surface area contributed by atoms with E-state index in [0.29, 0.717) is 24.5 Å². The van der Waals surface area contributed by atoms with Crippen LogP contribution in [0.1, 0.15) is 17.5 Å². The second-order valence-electron chi connectivity index (χ2n) is 4.56. The van der Waals surface area contributed by atoms with Gasteiger partial charge in [0.25, 0.3) is 0 Å². The summed E-state index contributed by atoms with van der Waals surface area (Å²) >= 11 is 0. The van der Waals surface area contributed by atoms with Crippen LogP contribution in [-0.4, -0.2) is 28.2 Å². The minimum absolute atomic E-state index is 0.223. The average Bonchev–Trinajstić information content (AvgIpc) is 2.37. The molecule has 0 radical (unpaired) electrons. The highest BCUT2D eigenvalue weighted by atomic mass is 32.2. The predicted octanol–water partition coefficient (Wildman–Crippen LogP) is 1.76. The number of ether oxygens (including phenoxy) is 1. The Balaban J connectivity index is 2.67. The Bertz CT molecular complexity index is 568. The van der Waals surface area contributed by atoms with E-state index in [9.17, 15) is 8.42 Å². The van der Waals surface area contributed by atoms with E-state index in [1.165, 1.54) is 0 Å². The molecule has 0 aliphatic rings. The maximum absolute atomic E-state index is 12.2. The number of rotatable bonds is 8. The van der Waals surface area contributed by atoms with Gasteiger partial charge in [0.05, 0.1) is 18.1 Å². The molecule has 1 rings (SSSR count). The van der Waals surface area contributed by atoms with Gasteiger partial charge in [0, 0.05) is 12.2 Å². The Morgan fingerprint density at radius 2 is 2.05 bits per heavy atom. The third-order valence-corrected chi connectivity index (χ3v) is 4.43. The number of hydrogen-bond donors (Lipinski definition) is 2. The minimum Gasteiger partial charge on any atom is -0.398 e. The second kappa shape index (κ2) is 7.42. The number of nitrogens with two attached hydrogens (primary N) is 1. The molecule has 0 aliphatic carbocycles. The van der Waals surface area contributed by atoms with Crippen molar-refractivity contribution in [2.24, 2.45) is 0 Å². The lowest BCUT2D eigenvalue weighted by atomic mass is 10.1. The quantitative estimate of drug-likeness (QED) is 0.435. The summed E-state index contributed by atoms with van der Waals surface area (Å²) in [4.78, 5) is 0.223. The fraction of sp³-hybridized carbons (Fsp3) is 0.429. The Morgan fingerprint density at radius 3 is 2.70 bits per heavy atom. The molecule has 0 unspecified atom stereocenters. The van der Waals surface area contributed by atoms with Gasteiger partial charge in [0.1, 0.15) is 0 Å². The van der Waals surface area contributed by atoms with Gasteiger partial charge < -0.3 is 10.5 Å². The van der Waals surface area contributed by atoms with Crippen molar-refractivity contribution in [3.05, 3.63) is 35.9 Å². The van der Waals surface area contributed by atoms with Crippen molar-refractivity contribution >= 4 is 15.7 Å². The van der Waals surface area contributed by atoms with Gasteiger partial charge in [-0.3, -0.25) is 0 Å². The van der Waals surface area contributed by atoms with E-state index >= 15 is 0 Å². The summed E-state index contributed by atoms with van der Waals surface area (Å²) in [7, 11) is -3.56. The molecule has 0 saturated heterocycles. The number of sulfonamides is 1. The summed E-state index contributed by atoms with van der Waals surface area (Å²) in [5.41, 5.74) is 7.66. The fourth-order valence-electron chi connectivity index (χ4n) is 1.73. The van der Waals surface area contributed by atoms with Gasteiger partial charge in [-0.15, -0.1) is 6.58 Å². The van der Waals surface area contributed by atoms with E-state index in [2.05, 4.69) is 11.3 Å². The summed E-state index contributed by atoms with van der Waals surface area (Å²) in [6.45, 7) is 8.19. The van der Waals surface area contributed by atoms with Crippen LogP contribution in [0.4, 0.5) is 5.69 Å². The smallest absolute Gasteiger partial charge is 0.240 e. The monoisotopic (exact) mass is 298 g/mol. The third-order valence-electron chi connectivity index (χ3n) is 2.84. The molecule has 0 heterocycles. The van der Waals surface area contributed by atoms with Gasteiger partial charge in [-0.05, 0) is 43.5 Å². The maximum atomic E-state index is 12.2. The van der Waals surface area contributed by atoms with Crippen LogP contribution in [0.2, 0.25) is 0 Å². The second-order valence-corrected chi connectivity index (χ2v) is 6.30. The number of hydrogen-bond acceptors (Lipinski definition) is 4. The van der Waals surface area contributed by atoms with Crippen molar-refractivity contribution in [1.82, 2.24) is 4.72 Å². The first-order chi connectivity index (χ1) is 9.38. The van der Waals surface area contributed by atoms with Crippen LogP contribution in [0.15, 0.2) is 29.7 Å². The number of benzene rings is 1. The molecule has 0 aliphatic heterocycles. The average molecular weight is 298 g/mol. The van der Waals surface area contributed by atoms with Crippen molar-refractivity contribution in [2.75, 3.05) is 25.5 Å². The fourth-order valence-corrected chi connectivity index (χ4v) is 3.10. The molecule has 1 aromatic rings. The van der Waals surface area contributed by atoms with E-state index in [1.807, 2.05) is 6.92 Å². The Labute approximate surface area is 120 Å². The van der Waals surface area contributed by atoms with E-state index in [1.54, 1.807) is 25.1 Å².